The molecule has 96 valence electrons. The molecule has 2 N–H and O–H groups in total. The van der Waals surface area contributed by atoms with E-state index in [0.717, 1.165) is 19.7 Å². The van der Waals surface area contributed by atoms with Gasteiger partial charge in [-0.05, 0) is 38.6 Å². The van der Waals surface area contributed by atoms with E-state index in [1.54, 1.807) is 7.11 Å². The second-order valence-electron chi connectivity index (χ2n) is 4.98. The average molecular weight is 228 g/mol. The first kappa shape index (κ1) is 13.9. The van der Waals surface area contributed by atoms with E-state index in [1.165, 1.54) is 25.7 Å². The lowest BCUT2D eigenvalue weighted by molar-refractivity contribution is 0.0729. The molecular weight excluding hydrogens is 200 g/mol. The zero-order valence-electron chi connectivity index (χ0n) is 11.1. The zero-order valence-corrected chi connectivity index (χ0v) is 11.1. The van der Waals surface area contributed by atoms with Crippen molar-refractivity contribution in [1.29, 1.82) is 0 Å². The lowest BCUT2D eigenvalue weighted by Crippen LogP contribution is -2.46. The Morgan fingerprint density at radius 3 is 2.75 bits per heavy atom. The van der Waals surface area contributed by atoms with E-state index in [-0.39, 0.29) is 0 Å². The predicted octanol–water partition coefficient (Wildman–Crippen LogP) is 1.86. The summed E-state index contributed by atoms with van der Waals surface area (Å²) in [4.78, 5) is 2.62. The Balaban J connectivity index is 2.59. The maximum absolute atomic E-state index is 5.87. The van der Waals surface area contributed by atoms with Gasteiger partial charge in [0.05, 0.1) is 6.61 Å². The third kappa shape index (κ3) is 3.44. The van der Waals surface area contributed by atoms with Crippen LogP contribution in [0.4, 0.5) is 0 Å². The summed E-state index contributed by atoms with van der Waals surface area (Å²) < 4.78 is 5.22. The Morgan fingerprint density at radius 2 is 2.19 bits per heavy atom. The topological polar surface area (TPSA) is 38.5 Å². The first-order valence-corrected chi connectivity index (χ1v) is 6.69. The van der Waals surface area contributed by atoms with Crippen LogP contribution in [0.2, 0.25) is 0 Å². The van der Waals surface area contributed by atoms with Crippen molar-refractivity contribution in [1.82, 2.24) is 4.90 Å². The molecule has 3 unspecified atom stereocenters. The van der Waals surface area contributed by atoms with Crippen LogP contribution >= 0.6 is 0 Å². The van der Waals surface area contributed by atoms with E-state index in [9.17, 15) is 0 Å². The van der Waals surface area contributed by atoms with Crippen LogP contribution in [0, 0.1) is 5.92 Å². The first-order valence-electron chi connectivity index (χ1n) is 6.69. The summed E-state index contributed by atoms with van der Waals surface area (Å²) in [5, 5.41) is 0. The number of rotatable bonds is 7. The molecule has 0 spiro atoms. The second-order valence-corrected chi connectivity index (χ2v) is 4.98. The SMILES string of the molecule is CCC(C)N(CCOC)C1CCCC1CN. The van der Waals surface area contributed by atoms with Gasteiger partial charge in [0.25, 0.3) is 0 Å². The third-order valence-electron chi connectivity index (χ3n) is 4.06. The summed E-state index contributed by atoms with van der Waals surface area (Å²) >= 11 is 0. The lowest BCUT2D eigenvalue weighted by atomic mass is 10.00. The van der Waals surface area contributed by atoms with Gasteiger partial charge < -0.3 is 10.5 Å². The molecule has 3 nitrogen and oxygen atoms in total. The van der Waals surface area contributed by atoms with E-state index in [4.69, 9.17) is 10.5 Å². The highest BCUT2D eigenvalue weighted by Crippen LogP contribution is 2.30. The van der Waals surface area contributed by atoms with Gasteiger partial charge in [-0.2, -0.15) is 0 Å². The smallest absolute Gasteiger partial charge is 0.0589 e. The molecule has 0 aromatic rings. The molecule has 1 saturated carbocycles. The molecule has 0 aromatic carbocycles. The highest BCUT2D eigenvalue weighted by molar-refractivity contribution is 4.87. The number of nitrogens with two attached hydrogens (primary N) is 1. The summed E-state index contributed by atoms with van der Waals surface area (Å²) in [6.45, 7) is 7.30. The monoisotopic (exact) mass is 228 g/mol. The van der Waals surface area contributed by atoms with Gasteiger partial charge in [0.2, 0.25) is 0 Å². The molecule has 16 heavy (non-hydrogen) atoms. The predicted molar refractivity (Wildman–Crippen MR) is 68.5 cm³/mol. The van der Waals surface area contributed by atoms with E-state index in [1.807, 2.05) is 0 Å². The van der Waals surface area contributed by atoms with Crippen molar-refractivity contribution in [3.8, 4) is 0 Å². The van der Waals surface area contributed by atoms with Gasteiger partial charge in [-0.15, -0.1) is 0 Å². The van der Waals surface area contributed by atoms with Crippen LogP contribution < -0.4 is 5.73 Å². The Kier molecular flexibility index (Phi) is 6.32. The molecule has 0 aliphatic heterocycles. The minimum atomic E-state index is 0.646. The fourth-order valence-electron chi connectivity index (χ4n) is 2.87. The number of methoxy groups -OCH3 is 1. The van der Waals surface area contributed by atoms with Crippen LogP contribution in [0.1, 0.15) is 39.5 Å². The largest absolute Gasteiger partial charge is 0.383 e. The van der Waals surface area contributed by atoms with Gasteiger partial charge in [0.15, 0.2) is 0 Å². The molecule has 0 bridgehead atoms. The van der Waals surface area contributed by atoms with Crippen LogP contribution in [0.5, 0.6) is 0 Å². The summed E-state index contributed by atoms with van der Waals surface area (Å²) in [6, 6.07) is 1.34. The van der Waals surface area contributed by atoms with Crippen molar-refractivity contribution in [2.45, 2.75) is 51.6 Å². The van der Waals surface area contributed by atoms with Gasteiger partial charge in [-0.1, -0.05) is 13.3 Å². The van der Waals surface area contributed by atoms with Crippen molar-refractivity contribution in [3.63, 3.8) is 0 Å². The van der Waals surface area contributed by atoms with Crippen molar-refractivity contribution >= 4 is 0 Å². The average Bonchev–Trinajstić information content (AvgIpc) is 2.77. The molecule has 1 fully saturated rings. The van der Waals surface area contributed by atoms with Crippen molar-refractivity contribution < 1.29 is 4.74 Å². The third-order valence-corrected chi connectivity index (χ3v) is 4.06. The van der Waals surface area contributed by atoms with Gasteiger partial charge >= 0.3 is 0 Å². The van der Waals surface area contributed by atoms with Crippen molar-refractivity contribution in [2.24, 2.45) is 11.7 Å². The molecule has 1 aliphatic carbocycles. The van der Waals surface area contributed by atoms with E-state index in [0.29, 0.717) is 18.0 Å². The molecule has 1 rings (SSSR count). The Hall–Kier alpha value is -0.120. The van der Waals surface area contributed by atoms with Crippen LogP contribution in [-0.4, -0.2) is 43.8 Å². The minimum Gasteiger partial charge on any atom is -0.383 e. The molecule has 3 heteroatoms. The molecule has 3 atom stereocenters. The zero-order chi connectivity index (χ0) is 12.0. The summed E-state index contributed by atoms with van der Waals surface area (Å²) in [5.74, 6) is 0.700. The highest BCUT2D eigenvalue weighted by Gasteiger charge is 2.32. The normalized spacial score (nSPS) is 27.6. The van der Waals surface area contributed by atoms with Crippen LogP contribution in [-0.2, 0) is 4.74 Å². The van der Waals surface area contributed by atoms with Gasteiger partial charge in [0.1, 0.15) is 0 Å². The standard InChI is InChI=1S/C13H28N2O/c1-4-11(2)15(8-9-16-3)13-7-5-6-12(13)10-14/h11-13H,4-10,14H2,1-3H3. The van der Waals surface area contributed by atoms with E-state index in [2.05, 4.69) is 18.7 Å². The van der Waals surface area contributed by atoms with Crippen LogP contribution in [0.15, 0.2) is 0 Å². The van der Waals surface area contributed by atoms with Crippen LogP contribution in [0.3, 0.4) is 0 Å². The van der Waals surface area contributed by atoms with Gasteiger partial charge in [0, 0.05) is 25.7 Å². The number of nitrogens with zero attached hydrogens (tertiary/aromatic N) is 1. The number of hydrogen-bond donors (Lipinski definition) is 1. The fourth-order valence-corrected chi connectivity index (χ4v) is 2.87. The molecule has 0 heterocycles. The second kappa shape index (κ2) is 7.25. The Morgan fingerprint density at radius 1 is 1.44 bits per heavy atom. The number of hydrogen-bond acceptors (Lipinski definition) is 3. The molecule has 1 aliphatic rings. The Bertz CT molecular complexity index is 187. The maximum Gasteiger partial charge on any atom is 0.0589 e. The molecule has 0 amide bonds. The maximum atomic E-state index is 5.87. The molecule has 0 saturated heterocycles. The first-order chi connectivity index (χ1) is 7.74. The summed E-state index contributed by atoms with van der Waals surface area (Å²) in [7, 11) is 1.78. The molecule has 0 radical (unpaired) electrons. The van der Waals surface area contributed by atoms with E-state index >= 15 is 0 Å². The van der Waals surface area contributed by atoms with Crippen LogP contribution in [0.25, 0.3) is 0 Å². The lowest BCUT2D eigenvalue weighted by Gasteiger charge is -2.37. The number of ether oxygens (including phenoxy) is 1. The van der Waals surface area contributed by atoms with Gasteiger partial charge in [-0.3, -0.25) is 4.90 Å². The Labute approximate surface area is 100 Å². The quantitative estimate of drug-likeness (QED) is 0.723. The van der Waals surface area contributed by atoms with E-state index < -0.39 is 0 Å². The summed E-state index contributed by atoms with van der Waals surface area (Å²) in [6.07, 6.45) is 5.17. The molecular formula is C13H28N2O. The van der Waals surface area contributed by atoms with Crippen molar-refractivity contribution in [2.75, 3.05) is 26.8 Å². The van der Waals surface area contributed by atoms with Crippen molar-refractivity contribution in [3.05, 3.63) is 0 Å². The summed E-state index contributed by atoms with van der Waals surface area (Å²) in [5.41, 5.74) is 5.87. The fraction of sp³-hybridized carbons (Fsp3) is 1.00. The van der Waals surface area contributed by atoms with Gasteiger partial charge in [-0.25, -0.2) is 0 Å². The molecule has 0 aromatic heterocycles. The minimum absolute atomic E-state index is 0.646. The highest BCUT2D eigenvalue weighted by atomic mass is 16.5.